The van der Waals surface area contributed by atoms with Crippen LogP contribution >= 0.6 is 23.2 Å². The molecule has 4 aromatic rings. The van der Waals surface area contributed by atoms with E-state index in [0.29, 0.717) is 11.3 Å². The van der Waals surface area contributed by atoms with Gasteiger partial charge >= 0.3 is 29.6 Å². The van der Waals surface area contributed by atoms with Gasteiger partial charge in [0.05, 0.1) is 27.1 Å². The second-order valence-corrected chi connectivity index (χ2v) is 7.00. The van der Waals surface area contributed by atoms with E-state index in [2.05, 4.69) is 0 Å². The van der Waals surface area contributed by atoms with Crippen LogP contribution in [0.2, 0.25) is 10.0 Å². The molecule has 0 bridgehead atoms. The Morgan fingerprint density at radius 2 is 1.45 bits per heavy atom. The zero-order valence-electron chi connectivity index (χ0n) is 15.4. The first-order valence-corrected chi connectivity index (χ1v) is 9.13. The van der Waals surface area contributed by atoms with Crippen LogP contribution in [-0.2, 0) is 0 Å². The minimum absolute atomic E-state index is 0. The number of hydrogen-bond acceptors (Lipinski definition) is 3. The number of para-hydroxylation sites is 1. The Labute approximate surface area is 199 Å². The summed E-state index contributed by atoms with van der Waals surface area (Å²) >= 11 is 12.4. The SMILES string of the molecule is O=C([O-])c1ccc(-n2cc(C(=O)c3c(Cl)cccc3Cl)c3ccccc32)cc1.[Na+]. The molecule has 29 heavy (non-hydrogen) atoms. The third-order valence-corrected chi connectivity index (χ3v) is 5.16. The first-order valence-electron chi connectivity index (χ1n) is 8.38. The monoisotopic (exact) mass is 431 g/mol. The van der Waals surface area contributed by atoms with Crippen molar-refractivity contribution in [1.82, 2.24) is 4.57 Å². The van der Waals surface area contributed by atoms with Gasteiger partial charge in [-0.1, -0.05) is 59.6 Å². The van der Waals surface area contributed by atoms with Crippen LogP contribution in [0, 0.1) is 0 Å². The van der Waals surface area contributed by atoms with Gasteiger partial charge in [-0.3, -0.25) is 4.79 Å². The van der Waals surface area contributed by atoms with Gasteiger partial charge < -0.3 is 14.5 Å². The van der Waals surface area contributed by atoms with E-state index in [1.165, 1.54) is 12.1 Å². The topological polar surface area (TPSA) is 62.1 Å². The molecule has 0 aliphatic heterocycles. The molecule has 1 heterocycles. The first-order chi connectivity index (χ1) is 13.5. The standard InChI is InChI=1S/C22H13Cl2NO3.Na/c23-17-5-3-6-18(24)20(17)21(26)16-12-25(19-7-2-1-4-15(16)19)14-10-8-13(9-11-14)22(27)28;/h1-12H,(H,27,28);/q;+1/p-1. The fraction of sp³-hybridized carbons (Fsp3) is 0. The molecule has 7 heteroatoms. The van der Waals surface area contributed by atoms with Gasteiger partial charge in [0.1, 0.15) is 0 Å². The minimum atomic E-state index is -1.24. The molecule has 0 saturated carbocycles. The molecular formula is C22H12Cl2NNaO3. The zero-order chi connectivity index (χ0) is 19.8. The second kappa shape index (κ2) is 8.74. The van der Waals surface area contributed by atoms with Crippen molar-refractivity contribution in [1.29, 1.82) is 0 Å². The average molecular weight is 432 g/mol. The van der Waals surface area contributed by atoms with Crippen LogP contribution in [0.1, 0.15) is 26.3 Å². The smallest absolute Gasteiger partial charge is 0.545 e. The maximum absolute atomic E-state index is 13.2. The molecule has 0 fully saturated rings. The Morgan fingerprint density at radius 3 is 2.07 bits per heavy atom. The number of rotatable bonds is 4. The van der Waals surface area contributed by atoms with Gasteiger partial charge in [-0.05, 0) is 35.9 Å². The van der Waals surface area contributed by atoms with E-state index in [-0.39, 0.29) is 56.5 Å². The summed E-state index contributed by atoms with van der Waals surface area (Å²) in [7, 11) is 0. The van der Waals surface area contributed by atoms with Crippen LogP contribution in [0.5, 0.6) is 0 Å². The molecule has 3 aromatic carbocycles. The van der Waals surface area contributed by atoms with Crippen LogP contribution < -0.4 is 34.7 Å². The Kier molecular flexibility index (Phi) is 6.52. The van der Waals surface area contributed by atoms with Crippen LogP contribution in [0.15, 0.2) is 72.9 Å². The molecule has 0 atom stereocenters. The summed E-state index contributed by atoms with van der Waals surface area (Å²) in [6, 6.07) is 18.6. The quantitative estimate of drug-likeness (QED) is 0.363. The van der Waals surface area contributed by atoms with Gasteiger partial charge in [-0.15, -0.1) is 0 Å². The molecule has 0 radical (unpaired) electrons. The zero-order valence-corrected chi connectivity index (χ0v) is 18.9. The van der Waals surface area contributed by atoms with E-state index in [1.807, 2.05) is 28.8 Å². The summed E-state index contributed by atoms with van der Waals surface area (Å²) in [5.74, 6) is -1.52. The number of ketones is 1. The molecule has 0 amide bonds. The maximum atomic E-state index is 13.2. The number of benzene rings is 3. The van der Waals surface area contributed by atoms with Gasteiger partial charge in [-0.2, -0.15) is 0 Å². The van der Waals surface area contributed by atoms with Crippen molar-refractivity contribution in [3.8, 4) is 5.69 Å². The molecule has 0 N–H and O–H groups in total. The molecule has 0 spiro atoms. The largest absolute Gasteiger partial charge is 1.00 e. The molecule has 4 rings (SSSR count). The molecule has 4 nitrogen and oxygen atoms in total. The maximum Gasteiger partial charge on any atom is 1.00 e. The van der Waals surface area contributed by atoms with Gasteiger partial charge in [0, 0.05) is 22.8 Å². The van der Waals surface area contributed by atoms with Crippen LogP contribution in [-0.4, -0.2) is 16.3 Å². The van der Waals surface area contributed by atoms with Crippen molar-refractivity contribution >= 4 is 45.9 Å². The molecule has 138 valence electrons. The number of carboxylic acids is 1. The number of fused-ring (bicyclic) bond motifs is 1. The number of hydrogen-bond donors (Lipinski definition) is 0. The number of carboxylic acid groups (broad SMARTS) is 1. The Balaban J connectivity index is 0.00000240. The number of halogens is 2. The number of aromatic nitrogens is 1. The molecule has 0 aliphatic carbocycles. The predicted molar refractivity (Wildman–Crippen MR) is 108 cm³/mol. The number of carbonyl (C=O) groups is 2. The van der Waals surface area contributed by atoms with Crippen LogP contribution in [0.25, 0.3) is 16.6 Å². The second-order valence-electron chi connectivity index (χ2n) is 6.19. The summed E-state index contributed by atoms with van der Waals surface area (Å²) in [6.07, 6.45) is 1.71. The molecule has 0 unspecified atom stereocenters. The van der Waals surface area contributed by atoms with Gasteiger partial charge in [0.15, 0.2) is 5.78 Å². The van der Waals surface area contributed by atoms with E-state index >= 15 is 0 Å². The Bertz CT molecular complexity index is 1210. The summed E-state index contributed by atoms with van der Waals surface area (Å²) < 4.78 is 1.83. The van der Waals surface area contributed by atoms with Crippen LogP contribution in [0.3, 0.4) is 0 Å². The van der Waals surface area contributed by atoms with E-state index < -0.39 is 5.97 Å². The van der Waals surface area contributed by atoms with Gasteiger partial charge in [-0.25, -0.2) is 0 Å². The number of carbonyl (C=O) groups excluding carboxylic acids is 2. The van der Waals surface area contributed by atoms with E-state index in [0.717, 1.165) is 10.9 Å². The first kappa shape index (κ1) is 21.6. The van der Waals surface area contributed by atoms with Gasteiger partial charge in [0.2, 0.25) is 0 Å². The fourth-order valence-corrected chi connectivity index (χ4v) is 3.75. The summed E-state index contributed by atoms with van der Waals surface area (Å²) in [5, 5.41) is 12.3. The van der Waals surface area contributed by atoms with Crippen molar-refractivity contribution in [3.63, 3.8) is 0 Å². The summed E-state index contributed by atoms with van der Waals surface area (Å²) in [6.45, 7) is 0. The fourth-order valence-electron chi connectivity index (χ4n) is 3.18. The van der Waals surface area contributed by atoms with E-state index in [4.69, 9.17) is 23.2 Å². The number of nitrogens with zero attached hydrogens (tertiary/aromatic N) is 1. The van der Waals surface area contributed by atoms with Crippen molar-refractivity contribution in [3.05, 3.63) is 99.7 Å². The Morgan fingerprint density at radius 1 is 0.828 bits per heavy atom. The summed E-state index contributed by atoms with van der Waals surface area (Å²) in [5.41, 5.74) is 2.30. The summed E-state index contributed by atoms with van der Waals surface area (Å²) in [4.78, 5) is 24.2. The predicted octanol–water partition coefficient (Wildman–Crippen LogP) is 1.54. The van der Waals surface area contributed by atoms with Gasteiger partial charge in [0.25, 0.3) is 0 Å². The Hall–Kier alpha value is -2.08. The van der Waals surface area contributed by atoms with E-state index in [1.54, 1.807) is 36.5 Å². The minimum Gasteiger partial charge on any atom is -0.545 e. The molecule has 1 aromatic heterocycles. The van der Waals surface area contributed by atoms with Crippen LogP contribution in [0.4, 0.5) is 0 Å². The molecule has 0 saturated heterocycles. The normalized spacial score (nSPS) is 10.6. The third-order valence-electron chi connectivity index (χ3n) is 4.53. The van der Waals surface area contributed by atoms with Crippen molar-refractivity contribution in [2.45, 2.75) is 0 Å². The van der Waals surface area contributed by atoms with E-state index in [9.17, 15) is 14.7 Å². The molecule has 0 aliphatic rings. The molecular weight excluding hydrogens is 420 g/mol. The number of aromatic carboxylic acids is 1. The van der Waals surface area contributed by atoms with Crippen molar-refractivity contribution < 1.29 is 44.3 Å². The van der Waals surface area contributed by atoms with Crippen molar-refractivity contribution in [2.75, 3.05) is 0 Å². The third kappa shape index (κ3) is 4.00. The average Bonchev–Trinajstić information content (AvgIpc) is 3.07. The van der Waals surface area contributed by atoms with Crippen molar-refractivity contribution in [2.24, 2.45) is 0 Å².